The molecule has 0 aliphatic carbocycles. The monoisotopic (exact) mass is 241 g/mol. The Balaban J connectivity index is 2.26. The third-order valence-electron chi connectivity index (χ3n) is 2.04. The van der Waals surface area contributed by atoms with Crippen LogP contribution in [0.4, 0.5) is 16.1 Å². The van der Waals surface area contributed by atoms with Gasteiger partial charge in [0.25, 0.3) is 0 Å². The number of nitrogens with one attached hydrogen (secondary N) is 1. The highest BCUT2D eigenvalue weighted by Gasteiger charge is 2.09. The standard InChI is InChI=1S/C10H9ClFN3O/c1-6-3-2-4-7(12)9(6)13-10-15-14-8(5-11)16-10/h2-4H,5H2,1H3,(H,13,15). The number of para-hydroxylation sites is 1. The number of benzene rings is 1. The molecule has 1 N–H and O–H groups in total. The Morgan fingerprint density at radius 1 is 1.44 bits per heavy atom. The number of anilines is 2. The molecule has 0 radical (unpaired) electrons. The minimum absolute atomic E-state index is 0.129. The molecule has 0 spiro atoms. The molecular weight excluding hydrogens is 233 g/mol. The van der Waals surface area contributed by atoms with E-state index in [9.17, 15) is 4.39 Å². The van der Waals surface area contributed by atoms with E-state index < -0.39 is 0 Å². The molecule has 2 rings (SSSR count). The van der Waals surface area contributed by atoms with Crippen molar-refractivity contribution < 1.29 is 8.81 Å². The van der Waals surface area contributed by atoms with Crippen molar-refractivity contribution in [3.8, 4) is 0 Å². The van der Waals surface area contributed by atoms with Gasteiger partial charge in [-0.1, -0.05) is 17.2 Å². The predicted molar refractivity (Wildman–Crippen MR) is 58.3 cm³/mol. The van der Waals surface area contributed by atoms with Gasteiger partial charge in [-0.25, -0.2) is 4.39 Å². The van der Waals surface area contributed by atoms with E-state index in [1.165, 1.54) is 6.07 Å². The molecule has 0 aliphatic heterocycles. The Kier molecular flexibility index (Phi) is 3.05. The van der Waals surface area contributed by atoms with Crippen LogP contribution >= 0.6 is 11.6 Å². The molecule has 0 fully saturated rings. The van der Waals surface area contributed by atoms with E-state index in [-0.39, 0.29) is 23.6 Å². The number of hydrogen-bond donors (Lipinski definition) is 1. The van der Waals surface area contributed by atoms with Crippen LogP contribution in [0, 0.1) is 12.7 Å². The number of halogens is 2. The van der Waals surface area contributed by atoms with E-state index in [2.05, 4.69) is 15.5 Å². The molecule has 1 aromatic heterocycles. The number of alkyl halides is 1. The van der Waals surface area contributed by atoms with Crippen molar-refractivity contribution in [3.63, 3.8) is 0 Å². The van der Waals surface area contributed by atoms with Crippen LogP contribution in [0.1, 0.15) is 11.5 Å². The van der Waals surface area contributed by atoms with Crippen molar-refractivity contribution in [2.24, 2.45) is 0 Å². The van der Waals surface area contributed by atoms with E-state index in [1.807, 2.05) is 0 Å². The van der Waals surface area contributed by atoms with Gasteiger partial charge in [-0.05, 0) is 18.6 Å². The summed E-state index contributed by atoms with van der Waals surface area (Å²) < 4.78 is 18.6. The SMILES string of the molecule is Cc1cccc(F)c1Nc1nnc(CCl)o1. The molecule has 16 heavy (non-hydrogen) atoms. The smallest absolute Gasteiger partial charge is 0.320 e. The number of nitrogens with zero attached hydrogens (tertiary/aromatic N) is 2. The number of rotatable bonds is 3. The van der Waals surface area contributed by atoms with Crippen LogP contribution in [-0.4, -0.2) is 10.2 Å². The molecule has 0 bridgehead atoms. The molecule has 4 nitrogen and oxygen atoms in total. The largest absolute Gasteiger partial charge is 0.407 e. The summed E-state index contributed by atoms with van der Waals surface area (Å²) in [6, 6.07) is 4.90. The maximum absolute atomic E-state index is 13.4. The van der Waals surface area contributed by atoms with Crippen LogP contribution in [0.5, 0.6) is 0 Å². The predicted octanol–water partition coefficient (Wildman–Crippen LogP) is 3.00. The number of aromatic nitrogens is 2. The first-order valence-electron chi connectivity index (χ1n) is 4.61. The zero-order valence-corrected chi connectivity index (χ0v) is 9.25. The lowest BCUT2D eigenvalue weighted by atomic mass is 10.2. The van der Waals surface area contributed by atoms with Gasteiger partial charge >= 0.3 is 6.01 Å². The first-order chi connectivity index (χ1) is 7.70. The Morgan fingerprint density at radius 2 is 2.25 bits per heavy atom. The molecule has 84 valence electrons. The van der Waals surface area contributed by atoms with Gasteiger partial charge in [-0.2, -0.15) is 0 Å². The van der Waals surface area contributed by atoms with Crippen molar-refractivity contribution in [3.05, 3.63) is 35.5 Å². The van der Waals surface area contributed by atoms with Crippen molar-refractivity contribution in [1.82, 2.24) is 10.2 Å². The fourth-order valence-electron chi connectivity index (χ4n) is 1.26. The van der Waals surface area contributed by atoms with Crippen molar-refractivity contribution in [1.29, 1.82) is 0 Å². The van der Waals surface area contributed by atoms with Gasteiger partial charge in [0.1, 0.15) is 11.7 Å². The van der Waals surface area contributed by atoms with Gasteiger partial charge < -0.3 is 9.73 Å². The Labute approximate surface area is 96.4 Å². The first kappa shape index (κ1) is 10.9. The van der Waals surface area contributed by atoms with Crippen LogP contribution in [0.2, 0.25) is 0 Å². The topological polar surface area (TPSA) is 51.0 Å². The van der Waals surface area contributed by atoms with E-state index in [0.29, 0.717) is 5.69 Å². The van der Waals surface area contributed by atoms with E-state index in [1.54, 1.807) is 19.1 Å². The van der Waals surface area contributed by atoms with Gasteiger partial charge in [-0.15, -0.1) is 16.7 Å². The minimum Gasteiger partial charge on any atom is -0.407 e. The molecule has 0 aliphatic rings. The summed E-state index contributed by atoms with van der Waals surface area (Å²) in [7, 11) is 0. The lowest BCUT2D eigenvalue weighted by Crippen LogP contribution is -1.96. The van der Waals surface area contributed by atoms with E-state index >= 15 is 0 Å². The summed E-state index contributed by atoms with van der Waals surface area (Å²) in [5.74, 6) is 0.0501. The maximum atomic E-state index is 13.4. The highest BCUT2D eigenvalue weighted by Crippen LogP contribution is 2.22. The molecule has 2 aromatic rings. The molecule has 1 heterocycles. The van der Waals surface area contributed by atoms with Crippen LogP contribution in [0.3, 0.4) is 0 Å². The number of hydrogen-bond acceptors (Lipinski definition) is 4. The second-order valence-corrected chi connectivity index (χ2v) is 3.46. The molecule has 0 amide bonds. The Bertz CT molecular complexity index is 480. The quantitative estimate of drug-likeness (QED) is 0.840. The van der Waals surface area contributed by atoms with Gasteiger partial charge in [0.2, 0.25) is 5.89 Å². The van der Waals surface area contributed by atoms with Gasteiger partial charge in [0.05, 0.1) is 5.69 Å². The average Bonchev–Trinajstić information content (AvgIpc) is 2.71. The molecule has 6 heteroatoms. The third kappa shape index (κ3) is 2.14. The summed E-state index contributed by atoms with van der Waals surface area (Å²) in [5, 5.41) is 10.1. The normalized spacial score (nSPS) is 10.4. The lowest BCUT2D eigenvalue weighted by molar-refractivity contribution is 0.529. The van der Waals surface area contributed by atoms with Gasteiger partial charge in [0, 0.05) is 0 Å². The Hall–Kier alpha value is -1.62. The van der Waals surface area contributed by atoms with Crippen LogP contribution in [0.15, 0.2) is 22.6 Å². The summed E-state index contributed by atoms with van der Waals surface area (Å²) in [6.45, 7) is 1.78. The van der Waals surface area contributed by atoms with Crippen molar-refractivity contribution in [2.75, 3.05) is 5.32 Å². The number of aryl methyl sites for hydroxylation is 1. The van der Waals surface area contributed by atoms with Gasteiger partial charge in [-0.3, -0.25) is 0 Å². The van der Waals surface area contributed by atoms with Crippen LogP contribution in [0.25, 0.3) is 0 Å². The zero-order valence-electron chi connectivity index (χ0n) is 8.50. The fourth-order valence-corrected chi connectivity index (χ4v) is 1.36. The summed E-state index contributed by atoms with van der Waals surface area (Å²) in [6.07, 6.45) is 0. The fraction of sp³-hybridized carbons (Fsp3) is 0.200. The average molecular weight is 242 g/mol. The van der Waals surface area contributed by atoms with Gasteiger partial charge in [0.15, 0.2) is 0 Å². The van der Waals surface area contributed by atoms with Crippen molar-refractivity contribution in [2.45, 2.75) is 12.8 Å². The first-order valence-corrected chi connectivity index (χ1v) is 5.14. The molecule has 0 saturated heterocycles. The summed E-state index contributed by atoms with van der Waals surface area (Å²) in [4.78, 5) is 0. The molecule has 0 atom stereocenters. The third-order valence-corrected chi connectivity index (χ3v) is 2.26. The lowest BCUT2D eigenvalue weighted by Gasteiger charge is -2.05. The van der Waals surface area contributed by atoms with Crippen LogP contribution in [-0.2, 0) is 5.88 Å². The van der Waals surface area contributed by atoms with Crippen molar-refractivity contribution >= 4 is 23.3 Å². The molecule has 0 saturated carbocycles. The van der Waals surface area contributed by atoms with E-state index in [4.69, 9.17) is 16.0 Å². The van der Waals surface area contributed by atoms with Crippen LogP contribution < -0.4 is 5.32 Å². The maximum Gasteiger partial charge on any atom is 0.320 e. The highest BCUT2D eigenvalue weighted by molar-refractivity contribution is 6.16. The zero-order chi connectivity index (χ0) is 11.5. The Morgan fingerprint density at radius 3 is 2.88 bits per heavy atom. The minimum atomic E-state index is -0.370. The summed E-state index contributed by atoms with van der Waals surface area (Å²) >= 11 is 5.51. The molecular formula is C10H9ClFN3O. The highest BCUT2D eigenvalue weighted by atomic mass is 35.5. The second kappa shape index (κ2) is 4.49. The van der Waals surface area contributed by atoms with E-state index in [0.717, 1.165) is 5.56 Å². The molecule has 0 unspecified atom stereocenters. The summed E-state index contributed by atoms with van der Waals surface area (Å²) in [5.41, 5.74) is 1.08. The second-order valence-electron chi connectivity index (χ2n) is 3.19. The molecule has 1 aromatic carbocycles.